The van der Waals surface area contributed by atoms with Crippen LogP contribution in [0.25, 0.3) is 0 Å². The highest BCUT2D eigenvalue weighted by Crippen LogP contribution is 2.24. The molecule has 1 saturated heterocycles. The molecule has 1 heterocycles. The van der Waals surface area contributed by atoms with Crippen molar-refractivity contribution < 1.29 is 19.0 Å². The maximum absolute atomic E-state index is 12.1. The Labute approximate surface area is 124 Å². The first-order valence-corrected chi connectivity index (χ1v) is 7.04. The molecule has 2 rings (SSSR count). The van der Waals surface area contributed by atoms with Crippen LogP contribution in [-0.2, 0) is 14.3 Å². The van der Waals surface area contributed by atoms with Gasteiger partial charge in [-0.15, -0.1) is 0 Å². The summed E-state index contributed by atoms with van der Waals surface area (Å²) in [5.74, 6) is 0.813. The lowest BCUT2D eigenvalue weighted by Crippen LogP contribution is -2.29. The summed E-state index contributed by atoms with van der Waals surface area (Å²) in [6, 6.07) is 5.12. The van der Waals surface area contributed by atoms with Crippen molar-refractivity contribution in [1.29, 1.82) is 0 Å². The number of hydrogen-bond donors (Lipinski definition) is 2. The van der Waals surface area contributed by atoms with Crippen molar-refractivity contribution in [3.05, 3.63) is 18.2 Å². The number of amides is 1. The minimum atomic E-state index is -0.535. The molecule has 6 heteroatoms. The fourth-order valence-electron chi connectivity index (χ4n) is 2.09. The Hall–Kier alpha value is -1.79. The van der Waals surface area contributed by atoms with Gasteiger partial charge in [0.05, 0.1) is 31.7 Å². The molecule has 0 aliphatic carbocycles. The van der Waals surface area contributed by atoms with Gasteiger partial charge >= 0.3 is 0 Å². The van der Waals surface area contributed by atoms with Crippen LogP contribution in [0.1, 0.15) is 13.3 Å². The fourth-order valence-corrected chi connectivity index (χ4v) is 2.09. The normalized spacial score (nSPS) is 19.2. The second kappa shape index (κ2) is 7.28. The standard InChI is InChI=1S/C15H22N2O4/c1-10(21-9-11-5-6-20-8-11)15(18)17-14-4-3-12(19-2)7-13(14)16/h3-4,7,10-11H,5-6,8-9,16H2,1-2H3,(H,17,18). The molecular weight excluding hydrogens is 272 g/mol. The molecule has 3 N–H and O–H groups in total. The van der Waals surface area contributed by atoms with E-state index in [1.54, 1.807) is 32.2 Å². The Bertz CT molecular complexity index is 487. The largest absolute Gasteiger partial charge is 0.497 e. The molecule has 1 aromatic carbocycles. The first kappa shape index (κ1) is 15.6. The zero-order valence-electron chi connectivity index (χ0n) is 12.4. The molecule has 116 valence electrons. The zero-order valence-corrected chi connectivity index (χ0v) is 12.4. The third-order valence-electron chi connectivity index (χ3n) is 3.49. The Morgan fingerprint density at radius 2 is 2.38 bits per heavy atom. The number of rotatable bonds is 6. The average Bonchev–Trinajstić information content (AvgIpc) is 3.00. The number of nitrogens with one attached hydrogen (secondary N) is 1. The third kappa shape index (κ3) is 4.34. The van der Waals surface area contributed by atoms with Crippen molar-refractivity contribution in [2.75, 3.05) is 38.0 Å². The maximum Gasteiger partial charge on any atom is 0.253 e. The molecule has 21 heavy (non-hydrogen) atoms. The van der Waals surface area contributed by atoms with Crippen molar-refractivity contribution in [2.24, 2.45) is 5.92 Å². The lowest BCUT2D eigenvalue weighted by Gasteiger charge is -2.16. The van der Waals surface area contributed by atoms with Crippen LogP contribution < -0.4 is 15.8 Å². The SMILES string of the molecule is COc1ccc(NC(=O)C(C)OCC2CCOC2)c(N)c1. The minimum Gasteiger partial charge on any atom is -0.497 e. The van der Waals surface area contributed by atoms with Crippen LogP contribution >= 0.6 is 0 Å². The molecule has 0 aromatic heterocycles. The zero-order chi connectivity index (χ0) is 15.2. The van der Waals surface area contributed by atoms with E-state index < -0.39 is 6.10 Å². The van der Waals surface area contributed by atoms with Crippen LogP contribution in [-0.4, -0.2) is 38.9 Å². The number of ether oxygens (including phenoxy) is 3. The lowest BCUT2D eigenvalue weighted by molar-refractivity contribution is -0.127. The third-order valence-corrected chi connectivity index (χ3v) is 3.49. The quantitative estimate of drug-likeness (QED) is 0.780. The monoisotopic (exact) mass is 294 g/mol. The van der Waals surface area contributed by atoms with Crippen LogP contribution in [0.3, 0.4) is 0 Å². The molecule has 1 amide bonds. The van der Waals surface area contributed by atoms with Gasteiger partial charge in [0.1, 0.15) is 11.9 Å². The number of nitrogens with two attached hydrogens (primary N) is 1. The topological polar surface area (TPSA) is 82.8 Å². The molecule has 1 fully saturated rings. The van der Waals surface area contributed by atoms with E-state index in [0.29, 0.717) is 36.3 Å². The lowest BCUT2D eigenvalue weighted by atomic mass is 10.1. The van der Waals surface area contributed by atoms with Gasteiger partial charge in [-0.1, -0.05) is 0 Å². The number of benzene rings is 1. The van der Waals surface area contributed by atoms with Crippen LogP contribution in [0.2, 0.25) is 0 Å². The highest BCUT2D eigenvalue weighted by atomic mass is 16.5. The number of carbonyl (C=O) groups is 1. The van der Waals surface area contributed by atoms with E-state index in [1.807, 2.05) is 0 Å². The number of carbonyl (C=O) groups excluding carboxylic acids is 1. The van der Waals surface area contributed by atoms with E-state index in [-0.39, 0.29) is 5.91 Å². The van der Waals surface area contributed by atoms with Gasteiger partial charge in [0, 0.05) is 18.6 Å². The molecule has 0 bridgehead atoms. The second-order valence-electron chi connectivity index (χ2n) is 5.15. The molecule has 2 atom stereocenters. The molecule has 1 aliphatic heterocycles. The first-order valence-electron chi connectivity index (χ1n) is 7.04. The van der Waals surface area contributed by atoms with E-state index in [0.717, 1.165) is 13.0 Å². The fraction of sp³-hybridized carbons (Fsp3) is 0.533. The summed E-state index contributed by atoms with van der Waals surface area (Å²) >= 11 is 0. The summed E-state index contributed by atoms with van der Waals surface area (Å²) in [7, 11) is 1.57. The summed E-state index contributed by atoms with van der Waals surface area (Å²) in [6.07, 6.45) is 0.451. The van der Waals surface area contributed by atoms with E-state index in [1.165, 1.54) is 0 Å². The number of nitrogen functional groups attached to an aromatic ring is 1. The van der Waals surface area contributed by atoms with Gasteiger partial charge < -0.3 is 25.3 Å². The minimum absolute atomic E-state index is 0.217. The Kier molecular flexibility index (Phi) is 5.41. The van der Waals surface area contributed by atoms with E-state index in [9.17, 15) is 4.79 Å². The molecule has 1 aromatic rings. The van der Waals surface area contributed by atoms with E-state index in [4.69, 9.17) is 19.9 Å². The molecule has 1 aliphatic rings. The Morgan fingerprint density at radius 3 is 3.00 bits per heavy atom. The molecule has 0 radical (unpaired) electrons. The van der Waals surface area contributed by atoms with Gasteiger partial charge in [0.15, 0.2) is 0 Å². The van der Waals surface area contributed by atoms with Crippen LogP contribution in [0.5, 0.6) is 5.75 Å². The molecule has 0 saturated carbocycles. The van der Waals surface area contributed by atoms with E-state index >= 15 is 0 Å². The predicted octanol–water partition coefficient (Wildman–Crippen LogP) is 1.66. The van der Waals surface area contributed by atoms with Crippen LogP contribution in [0.4, 0.5) is 11.4 Å². The Balaban J connectivity index is 1.84. The molecule has 0 spiro atoms. The van der Waals surface area contributed by atoms with Gasteiger partial charge in [-0.25, -0.2) is 0 Å². The van der Waals surface area contributed by atoms with Gasteiger partial charge in [-0.2, -0.15) is 0 Å². The summed E-state index contributed by atoms with van der Waals surface area (Å²) in [5.41, 5.74) is 6.88. The molecule has 2 unspecified atom stereocenters. The Morgan fingerprint density at radius 1 is 1.57 bits per heavy atom. The van der Waals surface area contributed by atoms with Gasteiger partial charge in [-0.3, -0.25) is 4.79 Å². The molecular formula is C15H22N2O4. The van der Waals surface area contributed by atoms with Crippen LogP contribution in [0.15, 0.2) is 18.2 Å². The van der Waals surface area contributed by atoms with Gasteiger partial charge in [0.25, 0.3) is 5.91 Å². The second-order valence-corrected chi connectivity index (χ2v) is 5.15. The van der Waals surface area contributed by atoms with Crippen LogP contribution in [0, 0.1) is 5.92 Å². The van der Waals surface area contributed by atoms with E-state index in [2.05, 4.69) is 5.32 Å². The highest BCUT2D eigenvalue weighted by Gasteiger charge is 2.20. The van der Waals surface area contributed by atoms with Crippen molar-refractivity contribution in [3.63, 3.8) is 0 Å². The number of methoxy groups -OCH3 is 1. The van der Waals surface area contributed by atoms with Crippen molar-refractivity contribution in [1.82, 2.24) is 0 Å². The van der Waals surface area contributed by atoms with Gasteiger partial charge in [0.2, 0.25) is 0 Å². The maximum atomic E-state index is 12.1. The number of hydrogen-bond acceptors (Lipinski definition) is 5. The summed E-state index contributed by atoms with van der Waals surface area (Å²) < 4.78 is 15.9. The average molecular weight is 294 g/mol. The smallest absolute Gasteiger partial charge is 0.253 e. The molecule has 6 nitrogen and oxygen atoms in total. The first-order chi connectivity index (χ1) is 10.1. The van der Waals surface area contributed by atoms with Crippen molar-refractivity contribution in [3.8, 4) is 5.75 Å². The summed E-state index contributed by atoms with van der Waals surface area (Å²) in [6.45, 7) is 3.74. The summed E-state index contributed by atoms with van der Waals surface area (Å²) in [4.78, 5) is 12.1. The van der Waals surface area contributed by atoms with Crippen molar-refractivity contribution in [2.45, 2.75) is 19.4 Å². The van der Waals surface area contributed by atoms with Crippen molar-refractivity contribution >= 4 is 17.3 Å². The van der Waals surface area contributed by atoms with Gasteiger partial charge in [-0.05, 0) is 25.5 Å². The summed E-state index contributed by atoms with van der Waals surface area (Å²) in [5, 5.41) is 2.76. The highest BCUT2D eigenvalue weighted by molar-refractivity contribution is 5.96. The number of anilines is 2. The predicted molar refractivity (Wildman–Crippen MR) is 80.4 cm³/mol.